The molecule has 1 aromatic carbocycles. The summed E-state index contributed by atoms with van der Waals surface area (Å²) in [4.78, 5) is 13.6. The van der Waals surface area contributed by atoms with Crippen LogP contribution in [0.4, 0.5) is 4.39 Å². The van der Waals surface area contributed by atoms with Gasteiger partial charge in [0.2, 0.25) is 0 Å². The summed E-state index contributed by atoms with van der Waals surface area (Å²) in [6, 6.07) is 6.59. The van der Waals surface area contributed by atoms with Gasteiger partial charge in [0.15, 0.2) is 0 Å². The lowest BCUT2D eigenvalue weighted by Gasteiger charge is -2.35. The molecule has 106 valence electrons. The maximum Gasteiger partial charge on any atom is 0.131 e. The third kappa shape index (κ3) is 3.64. The second-order valence-electron chi connectivity index (χ2n) is 5.44. The van der Waals surface area contributed by atoms with Crippen LogP contribution in [0, 0.1) is 17.1 Å². The van der Waals surface area contributed by atoms with E-state index in [0.29, 0.717) is 24.1 Å². The molecule has 1 aromatic rings. The molecular formula is C16H19FN2O. The fourth-order valence-corrected chi connectivity index (χ4v) is 2.85. The van der Waals surface area contributed by atoms with Crippen molar-refractivity contribution in [2.75, 3.05) is 6.54 Å². The molecule has 2 rings (SSSR count). The highest BCUT2D eigenvalue weighted by Gasteiger charge is 2.24. The van der Waals surface area contributed by atoms with Crippen LogP contribution >= 0.6 is 0 Å². The zero-order chi connectivity index (χ0) is 14.5. The molecule has 1 heterocycles. The molecule has 1 aliphatic heterocycles. The predicted molar refractivity (Wildman–Crippen MR) is 74.5 cm³/mol. The molecule has 1 fully saturated rings. The van der Waals surface area contributed by atoms with Crippen molar-refractivity contribution in [3.8, 4) is 6.07 Å². The number of nitrogens with zero attached hydrogens (tertiary/aromatic N) is 2. The SMILES string of the molecule is CC(=O)CC1CCCCN1Cc1cc(F)ccc1C#N. The normalized spacial score (nSPS) is 19.6. The van der Waals surface area contributed by atoms with Gasteiger partial charge in [-0.2, -0.15) is 5.26 Å². The van der Waals surface area contributed by atoms with Crippen LogP contribution in [-0.2, 0) is 11.3 Å². The van der Waals surface area contributed by atoms with Gasteiger partial charge in [-0.3, -0.25) is 9.69 Å². The van der Waals surface area contributed by atoms with Gasteiger partial charge in [0.25, 0.3) is 0 Å². The number of carbonyl (C=O) groups excluding carboxylic acids is 1. The Bertz CT molecular complexity index is 536. The summed E-state index contributed by atoms with van der Waals surface area (Å²) in [5.74, 6) is -0.138. The van der Waals surface area contributed by atoms with E-state index in [0.717, 1.165) is 25.8 Å². The number of ketones is 1. The molecule has 1 atom stereocenters. The Morgan fingerprint density at radius 2 is 2.30 bits per heavy atom. The molecular weight excluding hydrogens is 255 g/mol. The molecule has 1 unspecified atom stereocenters. The van der Waals surface area contributed by atoms with Gasteiger partial charge in [-0.25, -0.2) is 4.39 Å². The predicted octanol–water partition coefficient (Wildman–Crippen LogP) is 3.03. The lowest BCUT2D eigenvalue weighted by atomic mass is 9.96. The number of carbonyl (C=O) groups is 1. The number of halogens is 1. The maximum atomic E-state index is 13.4. The average molecular weight is 274 g/mol. The van der Waals surface area contributed by atoms with E-state index in [1.54, 1.807) is 6.92 Å². The third-order valence-corrected chi connectivity index (χ3v) is 3.83. The standard InChI is InChI=1S/C16H19FN2O/c1-12(20)8-16-4-2-3-7-19(16)11-14-9-15(17)6-5-13(14)10-18/h5-6,9,16H,2-4,7-8,11H2,1H3. The molecule has 4 heteroatoms. The summed E-state index contributed by atoms with van der Waals surface area (Å²) in [5, 5.41) is 9.11. The van der Waals surface area contributed by atoms with Gasteiger partial charge >= 0.3 is 0 Å². The Hall–Kier alpha value is -1.73. The zero-order valence-electron chi connectivity index (χ0n) is 11.7. The van der Waals surface area contributed by atoms with Crippen LogP contribution in [-0.4, -0.2) is 23.3 Å². The van der Waals surface area contributed by atoms with Gasteiger partial charge in [-0.1, -0.05) is 6.42 Å². The van der Waals surface area contributed by atoms with Crippen LogP contribution in [0.2, 0.25) is 0 Å². The lowest BCUT2D eigenvalue weighted by Crippen LogP contribution is -2.40. The van der Waals surface area contributed by atoms with E-state index in [1.165, 1.54) is 18.2 Å². The van der Waals surface area contributed by atoms with Crippen LogP contribution in [0.3, 0.4) is 0 Å². The Morgan fingerprint density at radius 1 is 1.50 bits per heavy atom. The van der Waals surface area contributed by atoms with E-state index in [9.17, 15) is 9.18 Å². The van der Waals surface area contributed by atoms with Crippen molar-refractivity contribution in [1.82, 2.24) is 4.90 Å². The molecule has 0 saturated carbocycles. The van der Waals surface area contributed by atoms with Gasteiger partial charge in [-0.05, 0) is 50.1 Å². The topological polar surface area (TPSA) is 44.1 Å². The maximum absolute atomic E-state index is 13.4. The second kappa shape index (κ2) is 6.62. The van der Waals surface area contributed by atoms with Crippen molar-refractivity contribution < 1.29 is 9.18 Å². The third-order valence-electron chi connectivity index (χ3n) is 3.83. The summed E-state index contributed by atoms with van der Waals surface area (Å²) < 4.78 is 13.4. The number of hydrogen-bond acceptors (Lipinski definition) is 3. The van der Waals surface area contributed by atoms with Crippen molar-refractivity contribution in [1.29, 1.82) is 5.26 Å². The number of rotatable bonds is 4. The summed E-state index contributed by atoms with van der Waals surface area (Å²) in [6.45, 7) is 3.05. The highest BCUT2D eigenvalue weighted by atomic mass is 19.1. The highest BCUT2D eigenvalue weighted by Crippen LogP contribution is 2.23. The molecule has 0 aromatic heterocycles. The number of nitriles is 1. The van der Waals surface area contributed by atoms with Gasteiger partial charge in [0, 0.05) is 19.0 Å². The summed E-state index contributed by atoms with van der Waals surface area (Å²) in [7, 11) is 0. The van der Waals surface area contributed by atoms with Crippen molar-refractivity contribution >= 4 is 5.78 Å². The van der Waals surface area contributed by atoms with Gasteiger partial charge < -0.3 is 0 Å². The highest BCUT2D eigenvalue weighted by molar-refractivity contribution is 5.76. The molecule has 0 bridgehead atoms. The Balaban J connectivity index is 2.16. The molecule has 3 nitrogen and oxygen atoms in total. The van der Waals surface area contributed by atoms with Crippen LogP contribution in [0.25, 0.3) is 0 Å². The molecule has 1 saturated heterocycles. The monoisotopic (exact) mass is 274 g/mol. The van der Waals surface area contributed by atoms with Crippen LogP contribution in [0.5, 0.6) is 0 Å². The van der Waals surface area contributed by atoms with E-state index in [4.69, 9.17) is 5.26 Å². The molecule has 1 aliphatic rings. The zero-order valence-corrected chi connectivity index (χ0v) is 11.7. The van der Waals surface area contributed by atoms with Crippen molar-refractivity contribution in [2.24, 2.45) is 0 Å². The fraction of sp³-hybridized carbons (Fsp3) is 0.500. The second-order valence-corrected chi connectivity index (χ2v) is 5.44. The lowest BCUT2D eigenvalue weighted by molar-refractivity contribution is -0.118. The molecule has 0 aliphatic carbocycles. The van der Waals surface area contributed by atoms with Gasteiger partial charge in [-0.15, -0.1) is 0 Å². The summed E-state index contributed by atoms with van der Waals surface area (Å²) in [5.41, 5.74) is 1.22. The summed E-state index contributed by atoms with van der Waals surface area (Å²) >= 11 is 0. The van der Waals surface area contributed by atoms with E-state index in [-0.39, 0.29) is 17.6 Å². The Labute approximate surface area is 119 Å². The van der Waals surface area contributed by atoms with Crippen LogP contribution in [0.15, 0.2) is 18.2 Å². The Kier molecular flexibility index (Phi) is 4.86. The van der Waals surface area contributed by atoms with Crippen molar-refractivity contribution in [2.45, 2.75) is 45.2 Å². The first-order valence-electron chi connectivity index (χ1n) is 7.02. The molecule has 0 spiro atoms. The Morgan fingerprint density at radius 3 is 3.00 bits per heavy atom. The number of piperidine rings is 1. The summed E-state index contributed by atoms with van der Waals surface area (Å²) in [6.07, 6.45) is 3.75. The minimum Gasteiger partial charge on any atom is -0.300 e. The minimum absolute atomic E-state index is 0.182. The molecule has 0 amide bonds. The number of benzene rings is 1. The molecule has 20 heavy (non-hydrogen) atoms. The first-order chi connectivity index (χ1) is 9.60. The first-order valence-corrected chi connectivity index (χ1v) is 7.02. The van der Waals surface area contributed by atoms with Crippen molar-refractivity contribution in [3.05, 3.63) is 35.1 Å². The van der Waals surface area contributed by atoms with E-state index >= 15 is 0 Å². The quantitative estimate of drug-likeness (QED) is 0.847. The van der Waals surface area contributed by atoms with Crippen molar-refractivity contribution in [3.63, 3.8) is 0 Å². The van der Waals surface area contributed by atoms with Crippen LogP contribution < -0.4 is 0 Å². The number of likely N-dealkylation sites (tertiary alicyclic amines) is 1. The largest absolute Gasteiger partial charge is 0.300 e. The van der Waals surface area contributed by atoms with E-state index in [2.05, 4.69) is 11.0 Å². The number of Topliss-reactive ketones (excluding diaryl/α,β-unsaturated/α-hetero) is 1. The fourth-order valence-electron chi connectivity index (χ4n) is 2.85. The van der Waals surface area contributed by atoms with E-state index < -0.39 is 0 Å². The molecule has 0 radical (unpaired) electrons. The van der Waals surface area contributed by atoms with Crippen LogP contribution in [0.1, 0.15) is 43.7 Å². The smallest absolute Gasteiger partial charge is 0.131 e. The van der Waals surface area contributed by atoms with Gasteiger partial charge in [0.1, 0.15) is 11.6 Å². The van der Waals surface area contributed by atoms with E-state index in [1.807, 2.05) is 0 Å². The minimum atomic E-state index is -0.320. The average Bonchev–Trinajstić information content (AvgIpc) is 2.41. The first kappa shape index (κ1) is 14.7. The molecule has 0 N–H and O–H groups in total. The number of hydrogen-bond donors (Lipinski definition) is 0. The van der Waals surface area contributed by atoms with Gasteiger partial charge in [0.05, 0.1) is 11.6 Å².